The molecule has 2 nitrogen and oxygen atoms in total. The molecule has 0 aromatic carbocycles. The Morgan fingerprint density at radius 1 is 1.36 bits per heavy atom. The Bertz CT molecular complexity index is 186. The summed E-state index contributed by atoms with van der Waals surface area (Å²) in [6.07, 6.45) is 5.18. The Labute approximate surface area is 90.8 Å². The molecule has 0 aliphatic heterocycles. The number of hydrogen-bond acceptors (Lipinski definition) is 3. The van der Waals surface area contributed by atoms with Gasteiger partial charge < -0.3 is 4.74 Å². The SMILES string of the molecule is COC(=O)C(SC1CCCC1)C(C)C. The van der Waals surface area contributed by atoms with Gasteiger partial charge in [0.2, 0.25) is 0 Å². The third-order valence-corrected chi connectivity index (χ3v) is 4.57. The normalized spacial score (nSPS) is 20.0. The Hall–Kier alpha value is -0.180. The molecular weight excluding hydrogens is 196 g/mol. The molecule has 0 radical (unpaired) electrons. The lowest BCUT2D eigenvalue weighted by Gasteiger charge is -2.21. The summed E-state index contributed by atoms with van der Waals surface area (Å²) in [7, 11) is 1.48. The number of rotatable bonds is 4. The first-order chi connectivity index (χ1) is 6.65. The van der Waals surface area contributed by atoms with Crippen LogP contribution in [0, 0.1) is 5.92 Å². The fourth-order valence-electron chi connectivity index (χ4n) is 1.83. The molecule has 0 aromatic rings. The zero-order valence-electron chi connectivity index (χ0n) is 9.29. The second kappa shape index (κ2) is 5.64. The number of methoxy groups -OCH3 is 1. The van der Waals surface area contributed by atoms with Crippen molar-refractivity contribution in [1.82, 2.24) is 0 Å². The zero-order valence-corrected chi connectivity index (χ0v) is 10.1. The highest BCUT2D eigenvalue weighted by Crippen LogP contribution is 2.35. The van der Waals surface area contributed by atoms with Crippen LogP contribution >= 0.6 is 11.8 Å². The minimum absolute atomic E-state index is 0.0306. The van der Waals surface area contributed by atoms with Crippen molar-refractivity contribution in [1.29, 1.82) is 0 Å². The van der Waals surface area contributed by atoms with E-state index in [1.54, 1.807) is 0 Å². The van der Waals surface area contributed by atoms with E-state index in [1.807, 2.05) is 11.8 Å². The summed E-state index contributed by atoms with van der Waals surface area (Å²) in [6.45, 7) is 4.17. The second-order valence-electron chi connectivity index (χ2n) is 4.23. The van der Waals surface area contributed by atoms with Crippen molar-refractivity contribution < 1.29 is 9.53 Å². The molecule has 1 rings (SSSR count). The predicted molar refractivity (Wildman–Crippen MR) is 60.5 cm³/mol. The highest BCUT2D eigenvalue weighted by molar-refractivity contribution is 8.01. The molecular formula is C11H20O2S. The van der Waals surface area contributed by atoms with Crippen LogP contribution in [0.25, 0.3) is 0 Å². The van der Waals surface area contributed by atoms with Gasteiger partial charge in [-0.2, -0.15) is 0 Å². The van der Waals surface area contributed by atoms with Crippen molar-refractivity contribution in [3.8, 4) is 0 Å². The Morgan fingerprint density at radius 3 is 2.36 bits per heavy atom. The van der Waals surface area contributed by atoms with Crippen molar-refractivity contribution in [3.05, 3.63) is 0 Å². The smallest absolute Gasteiger partial charge is 0.319 e. The van der Waals surface area contributed by atoms with Gasteiger partial charge in [-0.05, 0) is 18.8 Å². The van der Waals surface area contributed by atoms with E-state index in [4.69, 9.17) is 4.74 Å². The number of carbonyl (C=O) groups is 1. The number of thioether (sulfide) groups is 1. The minimum atomic E-state index is -0.0584. The van der Waals surface area contributed by atoms with E-state index in [-0.39, 0.29) is 11.2 Å². The highest BCUT2D eigenvalue weighted by Gasteiger charge is 2.28. The van der Waals surface area contributed by atoms with E-state index in [0.29, 0.717) is 11.2 Å². The van der Waals surface area contributed by atoms with Crippen LogP contribution in [0.4, 0.5) is 0 Å². The topological polar surface area (TPSA) is 26.3 Å². The quantitative estimate of drug-likeness (QED) is 0.676. The Kier molecular flexibility index (Phi) is 4.79. The molecule has 0 heterocycles. The largest absolute Gasteiger partial charge is 0.468 e. The van der Waals surface area contributed by atoms with Crippen LogP contribution in [-0.2, 0) is 9.53 Å². The summed E-state index contributed by atoms with van der Waals surface area (Å²) < 4.78 is 4.82. The molecule has 14 heavy (non-hydrogen) atoms. The van der Waals surface area contributed by atoms with Gasteiger partial charge in [0, 0.05) is 5.25 Å². The van der Waals surface area contributed by atoms with Crippen LogP contribution in [0.3, 0.4) is 0 Å². The molecule has 1 fully saturated rings. The number of ether oxygens (including phenoxy) is 1. The summed E-state index contributed by atoms with van der Waals surface area (Å²) in [6, 6.07) is 0. The van der Waals surface area contributed by atoms with Crippen molar-refractivity contribution in [2.75, 3.05) is 7.11 Å². The van der Waals surface area contributed by atoms with Crippen molar-refractivity contribution in [2.45, 2.75) is 50.0 Å². The first-order valence-corrected chi connectivity index (χ1v) is 6.32. The van der Waals surface area contributed by atoms with Crippen molar-refractivity contribution >= 4 is 17.7 Å². The number of esters is 1. The lowest BCUT2D eigenvalue weighted by molar-refractivity contribution is -0.140. The molecule has 0 bridgehead atoms. The molecule has 0 spiro atoms. The molecule has 1 unspecified atom stereocenters. The first kappa shape index (κ1) is 11.9. The summed E-state index contributed by atoms with van der Waals surface area (Å²) in [5, 5.41) is 0.713. The van der Waals surface area contributed by atoms with E-state index in [9.17, 15) is 4.79 Å². The van der Waals surface area contributed by atoms with Gasteiger partial charge >= 0.3 is 5.97 Å². The zero-order chi connectivity index (χ0) is 10.6. The van der Waals surface area contributed by atoms with Crippen LogP contribution in [0.1, 0.15) is 39.5 Å². The average molecular weight is 216 g/mol. The first-order valence-electron chi connectivity index (χ1n) is 5.38. The maximum Gasteiger partial charge on any atom is 0.319 e. The maximum absolute atomic E-state index is 11.5. The second-order valence-corrected chi connectivity index (χ2v) is 5.68. The number of carbonyl (C=O) groups excluding carboxylic acids is 1. The fraction of sp³-hybridized carbons (Fsp3) is 0.909. The molecule has 82 valence electrons. The molecule has 1 aliphatic carbocycles. The molecule has 1 atom stereocenters. The standard InChI is InChI=1S/C11H20O2S/c1-8(2)10(11(12)13-3)14-9-6-4-5-7-9/h8-10H,4-7H2,1-3H3. The minimum Gasteiger partial charge on any atom is -0.468 e. The van der Waals surface area contributed by atoms with Crippen LogP contribution in [0.5, 0.6) is 0 Å². The fourth-order valence-corrected chi connectivity index (χ4v) is 3.37. The molecule has 0 N–H and O–H groups in total. The lowest BCUT2D eigenvalue weighted by atomic mass is 10.1. The van der Waals surface area contributed by atoms with Crippen molar-refractivity contribution in [3.63, 3.8) is 0 Å². The molecule has 0 aromatic heterocycles. The Balaban J connectivity index is 2.45. The maximum atomic E-state index is 11.5. The van der Waals surface area contributed by atoms with Crippen LogP contribution in [0.2, 0.25) is 0 Å². The average Bonchev–Trinajstić information content (AvgIpc) is 2.65. The van der Waals surface area contributed by atoms with Crippen LogP contribution in [-0.4, -0.2) is 23.6 Å². The van der Waals surface area contributed by atoms with Crippen LogP contribution < -0.4 is 0 Å². The van der Waals surface area contributed by atoms with Gasteiger partial charge in [0.15, 0.2) is 0 Å². The van der Waals surface area contributed by atoms with E-state index < -0.39 is 0 Å². The van der Waals surface area contributed by atoms with Gasteiger partial charge in [-0.3, -0.25) is 4.79 Å². The van der Waals surface area contributed by atoms with Gasteiger partial charge in [0.05, 0.1) is 7.11 Å². The monoisotopic (exact) mass is 216 g/mol. The molecule has 1 saturated carbocycles. The number of hydrogen-bond donors (Lipinski definition) is 0. The summed E-state index contributed by atoms with van der Waals surface area (Å²) in [5.41, 5.74) is 0. The molecule has 3 heteroatoms. The van der Waals surface area contributed by atoms with Crippen molar-refractivity contribution in [2.24, 2.45) is 5.92 Å². The molecule has 0 amide bonds. The van der Waals surface area contributed by atoms with Gasteiger partial charge in [0.25, 0.3) is 0 Å². The highest BCUT2D eigenvalue weighted by atomic mass is 32.2. The Morgan fingerprint density at radius 2 is 1.93 bits per heavy atom. The van der Waals surface area contributed by atoms with E-state index in [0.717, 1.165) is 0 Å². The third kappa shape index (κ3) is 3.19. The van der Waals surface area contributed by atoms with Gasteiger partial charge in [-0.25, -0.2) is 0 Å². The summed E-state index contributed by atoms with van der Waals surface area (Å²) in [4.78, 5) is 11.5. The summed E-state index contributed by atoms with van der Waals surface area (Å²) in [5.74, 6) is 0.310. The molecule has 1 aliphatic rings. The van der Waals surface area contributed by atoms with Crippen LogP contribution in [0.15, 0.2) is 0 Å². The lowest BCUT2D eigenvalue weighted by Crippen LogP contribution is -2.26. The van der Waals surface area contributed by atoms with E-state index in [1.165, 1.54) is 32.8 Å². The van der Waals surface area contributed by atoms with Gasteiger partial charge in [0.1, 0.15) is 5.25 Å². The predicted octanol–water partition coefficient (Wildman–Crippen LogP) is 2.86. The van der Waals surface area contributed by atoms with E-state index >= 15 is 0 Å². The third-order valence-electron chi connectivity index (χ3n) is 2.68. The molecule has 0 saturated heterocycles. The summed E-state index contributed by atoms with van der Waals surface area (Å²) >= 11 is 1.82. The van der Waals surface area contributed by atoms with Gasteiger partial charge in [-0.15, -0.1) is 11.8 Å². The van der Waals surface area contributed by atoms with E-state index in [2.05, 4.69) is 13.8 Å². The van der Waals surface area contributed by atoms with Gasteiger partial charge in [-0.1, -0.05) is 26.7 Å².